The molecule has 1 N–H and O–H groups in total. The van der Waals surface area contributed by atoms with Crippen molar-refractivity contribution in [2.24, 2.45) is 0 Å². The van der Waals surface area contributed by atoms with Crippen LogP contribution in [0.25, 0.3) is 0 Å². The van der Waals surface area contributed by atoms with E-state index in [1.165, 1.54) is 17.3 Å². The van der Waals surface area contributed by atoms with Gasteiger partial charge in [-0.25, -0.2) is 4.98 Å². The summed E-state index contributed by atoms with van der Waals surface area (Å²) < 4.78 is 5.56. The Morgan fingerprint density at radius 3 is 2.66 bits per heavy atom. The lowest BCUT2D eigenvalue weighted by Gasteiger charge is -2.23. The van der Waals surface area contributed by atoms with Crippen molar-refractivity contribution in [1.29, 1.82) is 0 Å². The number of hydrogen-bond acceptors (Lipinski definition) is 6. The Balaban J connectivity index is 1.17. The van der Waals surface area contributed by atoms with Crippen LogP contribution in [0, 0.1) is 0 Å². The van der Waals surface area contributed by atoms with Crippen molar-refractivity contribution >= 4 is 29.3 Å². The van der Waals surface area contributed by atoms with Crippen LogP contribution in [0.5, 0.6) is 0 Å². The van der Waals surface area contributed by atoms with E-state index in [1.807, 2.05) is 42.5 Å². The number of fused-ring (bicyclic) bond motifs is 2. The molecule has 1 aliphatic rings. The first-order valence-corrected chi connectivity index (χ1v) is 13.6. The molecule has 0 bridgehead atoms. The number of aromatic nitrogens is 1. The van der Waals surface area contributed by atoms with E-state index >= 15 is 0 Å². The van der Waals surface area contributed by atoms with Gasteiger partial charge in [-0.2, -0.15) is 0 Å². The molecule has 2 aromatic heterocycles. The summed E-state index contributed by atoms with van der Waals surface area (Å²) in [6.45, 7) is 2.90. The van der Waals surface area contributed by atoms with Crippen LogP contribution in [0.3, 0.4) is 0 Å². The zero-order valence-electron chi connectivity index (χ0n) is 21.1. The first-order valence-electron chi connectivity index (χ1n) is 12.8. The minimum Gasteiger partial charge on any atom is -0.468 e. The van der Waals surface area contributed by atoms with E-state index in [0.29, 0.717) is 17.1 Å². The predicted molar refractivity (Wildman–Crippen MR) is 148 cm³/mol. The van der Waals surface area contributed by atoms with E-state index < -0.39 is 0 Å². The molecule has 194 valence electrons. The Labute approximate surface area is 226 Å². The molecular formula is C30H30N4O3S. The van der Waals surface area contributed by atoms with E-state index in [9.17, 15) is 9.59 Å². The quantitative estimate of drug-likeness (QED) is 0.276. The van der Waals surface area contributed by atoms with E-state index in [4.69, 9.17) is 4.42 Å². The summed E-state index contributed by atoms with van der Waals surface area (Å²) in [5, 5.41) is 3.66. The highest BCUT2D eigenvalue weighted by atomic mass is 32.2. The molecule has 1 aliphatic heterocycles. The average molecular weight is 527 g/mol. The normalized spacial score (nSPS) is 12.7. The number of furan rings is 1. The Morgan fingerprint density at radius 1 is 0.974 bits per heavy atom. The second-order valence-electron chi connectivity index (χ2n) is 9.11. The molecule has 0 atom stereocenters. The van der Waals surface area contributed by atoms with Gasteiger partial charge in [0, 0.05) is 30.7 Å². The fraction of sp³-hybridized carbons (Fsp3) is 0.233. The smallest absolute Gasteiger partial charge is 0.261 e. The van der Waals surface area contributed by atoms with Crippen LogP contribution in [-0.4, -0.2) is 47.9 Å². The van der Waals surface area contributed by atoms with Gasteiger partial charge in [0.05, 0.1) is 24.1 Å². The molecule has 0 unspecified atom stereocenters. The molecular weight excluding hydrogens is 496 g/mol. The van der Waals surface area contributed by atoms with E-state index in [2.05, 4.69) is 39.5 Å². The fourth-order valence-corrected chi connectivity index (χ4v) is 5.49. The summed E-state index contributed by atoms with van der Waals surface area (Å²) in [6.07, 6.45) is 5.10. The number of benzene rings is 2. The van der Waals surface area contributed by atoms with Gasteiger partial charge < -0.3 is 9.73 Å². The first kappa shape index (κ1) is 25.8. The van der Waals surface area contributed by atoms with Crippen molar-refractivity contribution in [1.82, 2.24) is 15.2 Å². The second kappa shape index (κ2) is 12.6. The number of pyridine rings is 1. The van der Waals surface area contributed by atoms with E-state index in [0.717, 1.165) is 48.8 Å². The van der Waals surface area contributed by atoms with Crippen molar-refractivity contribution in [3.8, 4) is 0 Å². The Bertz CT molecular complexity index is 1360. The van der Waals surface area contributed by atoms with Gasteiger partial charge in [0.2, 0.25) is 5.91 Å². The SMILES string of the molecule is O=C(CN1C(=O)c2cccnc2Sc2ccccc21)NCCCN(CCc1ccccc1)Cc1ccco1. The number of hydrogen-bond donors (Lipinski definition) is 1. The van der Waals surface area contributed by atoms with Crippen molar-refractivity contribution < 1.29 is 14.0 Å². The highest BCUT2D eigenvalue weighted by Gasteiger charge is 2.29. The minimum absolute atomic E-state index is 0.0468. The van der Waals surface area contributed by atoms with Gasteiger partial charge in [-0.05, 0) is 54.8 Å². The van der Waals surface area contributed by atoms with Gasteiger partial charge in [0.25, 0.3) is 5.91 Å². The lowest BCUT2D eigenvalue weighted by Crippen LogP contribution is -2.41. The third-order valence-corrected chi connectivity index (χ3v) is 7.49. The van der Waals surface area contributed by atoms with Crippen LogP contribution in [0.15, 0.2) is 106 Å². The Kier molecular flexibility index (Phi) is 8.53. The average Bonchev–Trinajstić information content (AvgIpc) is 3.43. The molecule has 0 radical (unpaired) electrons. The van der Waals surface area contributed by atoms with Gasteiger partial charge in [-0.1, -0.05) is 54.2 Å². The molecule has 7 nitrogen and oxygen atoms in total. The third-order valence-electron chi connectivity index (χ3n) is 6.40. The van der Waals surface area contributed by atoms with Gasteiger partial charge in [0.15, 0.2) is 0 Å². The third kappa shape index (κ3) is 6.51. The zero-order valence-corrected chi connectivity index (χ0v) is 21.9. The zero-order chi connectivity index (χ0) is 26.2. The monoisotopic (exact) mass is 526 g/mol. The van der Waals surface area contributed by atoms with Crippen LogP contribution < -0.4 is 10.2 Å². The van der Waals surface area contributed by atoms with Gasteiger partial charge in [-0.3, -0.25) is 19.4 Å². The number of anilines is 1. The standard InChI is InChI=1S/C30H30N4O3S/c35-28(22-34-26-13-4-5-14-27(26)38-29-25(30(34)36)12-6-16-32-29)31-17-8-18-33(21-24-11-7-20-37-24)19-15-23-9-2-1-3-10-23/h1-7,9-14,16,20H,8,15,17-19,21-22H2,(H,31,35). The summed E-state index contributed by atoms with van der Waals surface area (Å²) >= 11 is 1.45. The van der Waals surface area contributed by atoms with Gasteiger partial charge >= 0.3 is 0 Å². The summed E-state index contributed by atoms with van der Waals surface area (Å²) in [7, 11) is 0. The van der Waals surface area contributed by atoms with Gasteiger partial charge in [0.1, 0.15) is 17.3 Å². The maximum absolute atomic E-state index is 13.4. The highest BCUT2D eigenvalue weighted by Crippen LogP contribution is 2.39. The summed E-state index contributed by atoms with van der Waals surface area (Å²) in [5.41, 5.74) is 2.53. The molecule has 3 heterocycles. The number of nitrogens with one attached hydrogen (secondary N) is 1. The molecule has 4 aromatic rings. The molecule has 0 fully saturated rings. The van der Waals surface area contributed by atoms with Gasteiger partial charge in [-0.15, -0.1) is 0 Å². The topological polar surface area (TPSA) is 78.7 Å². The van der Waals surface area contributed by atoms with Crippen molar-refractivity contribution in [3.05, 3.63) is 108 Å². The molecule has 2 aromatic carbocycles. The predicted octanol–water partition coefficient (Wildman–Crippen LogP) is 5.04. The number of nitrogens with zero attached hydrogens (tertiary/aromatic N) is 3. The van der Waals surface area contributed by atoms with Crippen molar-refractivity contribution in [3.63, 3.8) is 0 Å². The van der Waals surface area contributed by atoms with Crippen LogP contribution >= 0.6 is 11.8 Å². The molecule has 8 heteroatoms. The highest BCUT2D eigenvalue weighted by molar-refractivity contribution is 7.99. The lowest BCUT2D eigenvalue weighted by molar-refractivity contribution is -0.119. The first-order chi connectivity index (χ1) is 18.7. The number of carbonyl (C=O) groups excluding carboxylic acids is 2. The molecule has 2 amide bonds. The number of rotatable bonds is 11. The summed E-state index contributed by atoms with van der Waals surface area (Å²) in [6, 6.07) is 25.4. The largest absolute Gasteiger partial charge is 0.468 e. The van der Waals surface area contributed by atoms with Crippen LogP contribution in [0.1, 0.15) is 28.1 Å². The minimum atomic E-state index is -0.216. The van der Waals surface area contributed by atoms with Crippen molar-refractivity contribution in [2.75, 3.05) is 31.1 Å². The Morgan fingerprint density at radius 2 is 1.82 bits per heavy atom. The fourth-order valence-electron chi connectivity index (χ4n) is 4.47. The Hall–Kier alpha value is -3.88. The lowest BCUT2D eigenvalue weighted by atomic mass is 10.1. The maximum atomic E-state index is 13.4. The number of carbonyl (C=O) groups is 2. The summed E-state index contributed by atoms with van der Waals surface area (Å²) in [4.78, 5) is 35.5. The van der Waals surface area contributed by atoms with Crippen LogP contribution in [0.4, 0.5) is 5.69 Å². The number of para-hydroxylation sites is 1. The molecule has 0 saturated carbocycles. The van der Waals surface area contributed by atoms with E-state index in [1.54, 1.807) is 29.5 Å². The van der Waals surface area contributed by atoms with Crippen LogP contribution in [0.2, 0.25) is 0 Å². The molecule has 0 spiro atoms. The molecule has 38 heavy (non-hydrogen) atoms. The number of amides is 2. The van der Waals surface area contributed by atoms with Crippen molar-refractivity contribution in [2.45, 2.75) is 29.3 Å². The maximum Gasteiger partial charge on any atom is 0.261 e. The molecule has 5 rings (SSSR count). The van der Waals surface area contributed by atoms with E-state index in [-0.39, 0.29) is 18.4 Å². The second-order valence-corrected chi connectivity index (χ2v) is 10.1. The summed E-state index contributed by atoms with van der Waals surface area (Å²) in [5.74, 6) is 0.520. The molecule has 0 saturated heterocycles. The van der Waals surface area contributed by atoms with Crippen LogP contribution in [-0.2, 0) is 17.8 Å². The molecule has 0 aliphatic carbocycles.